The highest BCUT2D eigenvalue weighted by atomic mass is 35.5. The van der Waals surface area contributed by atoms with E-state index in [0.717, 1.165) is 0 Å². The third kappa shape index (κ3) is 1.26. The van der Waals surface area contributed by atoms with Crippen molar-refractivity contribution in [2.24, 2.45) is 0 Å². The molecule has 0 aromatic rings. The van der Waals surface area contributed by atoms with Gasteiger partial charge in [0.2, 0.25) is 4.33 Å². The fraction of sp³-hybridized carbons (Fsp3) is 0.200. The lowest BCUT2D eigenvalue weighted by Crippen LogP contribution is -2.10. The third-order valence-electron chi connectivity index (χ3n) is 1.13. The lowest BCUT2D eigenvalue weighted by molar-refractivity contribution is 0.543. The predicted octanol–water partition coefficient (Wildman–Crippen LogP) is 4.01. The SMILES string of the molecule is FC1=C(F)C(Cl)(Cl)C(Cl)=C1Cl. The van der Waals surface area contributed by atoms with E-state index in [1.54, 1.807) is 0 Å². The van der Waals surface area contributed by atoms with Gasteiger partial charge < -0.3 is 0 Å². The Bertz CT molecular complexity index is 240. The fourth-order valence-electron chi connectivity index (χ4n) is 0.565. The molecule has 0 aromatic carbocycles. The monoisotopic (exact) mass is 238 g/mol. The zero-order chi connectivity index (χ0) is 8.81. The molecule has 6 heteroatoms. The second kappa shape index (κ2) is 2.77. The van der Waals surface area contributed by atoms with Crippen molar-refractivity contribution in [1.29, 1.82) is 0 Å². The number of allylic oxidation sites excluding steroid dienone is 4. The Morgan fingerprint density at radius 2 is 1.55 bits per heavy atom. The van der Waals surface area contributed by atoms with Crippen LogP contribution in [0.15, 0.2) is 21.7 Å². The summed E-state index contributed by atoms with van der Waals surface area (Å²) in [6.45, 7) is 0. The Kier molecular flexibility index (Phi) is 2.41. The second-order valence-corrected chi connectivity index (χ2v) is 3.91. The molecule has 0 aliphatic heterocycles. The molecule has 11 heavy (non-hydrogen) atoms. The van der Waals surface area contributed by atoms with E-state index >= 15 is 0 Å². The van der Waals surface area contributed by atoms with Crippen LogP contribution >= 0.6 is 46.4 Å². The van der Waals surface area contributed by atoms with Crippen molar-refractivity contribution < 1.29 is 8.78 Å². The number of hydrogen-bond acceptors (Lipinski definition) is 0. The van der Waals surface area contributed by atoms with E-state index in [4.69, 9.17) is 46.4 Å². The molecule has 62 valence electrons. The van der Waals surface area contributed by atoms with Crippen molar-refractivity contribution in [3.63, 3.8) is 0 Å². The van der Waals surface area contributed by atoms with E-state index in [1.165, 1.54) is 0 Å². The largest absolute Gasteiger partial charge is 0.208 e. The Hall–Kier alpha value is 0.500. The van der Waals surface area contributed by atoms with Crippen LogP contribution in [0.3, 0.4) is 0 Å². The van der Waals surface area contributed by atoms with Gasteiger partial charge in [-0.2, -0.15) is 0 Å². The van der Waals surface area contributed by atoms with Crippen molar-refractivity contribution in [3.8, 4) is 0 Å². The summed E-state index contributed by atoms with van der Waals surface area (Å²) in [7, 11) is 0. The number of hydrogen-bond donors (Lipinski definition) is 0. The molecule has 0 atom stereocenters. The van der Waals surface area contributed by atoms with Crippen molar-refractivity contribution in [2.45, 2.75) is 4.33 Å². The Balaban J connectivity index is 3.27. The summed E-state index contributed by atoms with van der Waals surface area (Å²) in [6.07, 6.45) is 0. The summed E-state index contributed by atoms with van der Waals surface area (Å²) in [5, 5.41) is -1.02. The summed E-state index contributed by atoms with van der Waals surface area (Å²) >= 11 is 21.1. The average Bonchev–Trinajstić information content (AvgIpc) is 2.06. The number of halogens is 6. The topological polar surface area (TPSA) is 0 Å². The Labute approximate surface area is 81.4 Å². The Morgan fingerprint density at radius 1 is 1.09 bits per heavy atom. The summed E-state index contributed by atoms with van der Waals surface area (Å²) in [4.78, 5) is 0. The van der Waals surface area contributed by atoms with Crippen molar-refractivity contribution >= 4 is 46.4 Å². The maximum Gasteiger partial charge on any atom is 0.208 e. The van der Waals surface area contributed by atoms with Gasteiger partial charge in [-0.05, 0) is 0 Å². The molecule has 0 saturated carbocycles. The van der Waals surface area contributed by atoms with Gasteiger partial charge >= 0.3 is 0 Å². The fourth-order valence-corrected chi connectivity index (χ4v) is 1.41. The highest BCUT2D eigenvalue weighted by Crippen LogP contribution is 2.51. The van der Waals surface area contributed by atoms with Crippen LogP contribution in [0.4, 0.5) is 8.78 Å². The van der Waals surface area contributed by atoms with Gasteiger partial charge in [-0.1, -0.05) is 46.4 Å². The molecular formula is C5Cl4F2. The van der Waals surface area contributed by atoms with Crippen molar-refractivity contribution in [3.05, 3.63) is 21.7 Å². The molecule has 0 heterocycles. The molecule has 0 bridgehead atoms. The second-order valence-electron chi connectivity index (χ2n) is 1.83. The first-order chi connectivity index (χ1) is 4.89. The average molecular weight is 240 g/mol. The molecule has 0 N–H and O–H groups in total. The van der Waals surface area contributed by atoms with Crippen molar-refractivity contribution in [1.82, 2.24) is 0 Å². The first kappa shape index (κ1) is 9.59. The molecule has 0 radical (unpaired) electrons. The molecule has 0 spiro atoms. The standard InChI is InChI=1S/C5Cl4F2/c6-1-2(10)4(11)5(8,9)3(1)7. The zero-order valence-corrected chi connectivity index (χ0v) is 7.79. The first-order valence-electron chi connectivity index (χ1n) is 2.38. The van der Waals surface area contributed by atoms with E-state index in [1.807, 2.05) is 0 Å². The van der Waals surface area contributed by atoms with Crippen LogP contribution in [-0.2, 0) is 0 Å². The molecule has 1 aliphatic rings. The van der Waals surface area contributed by atoms with Crippen LogP contribution in [0.5, 0.6) is 0 Å². The van der Waals surface area contributed by atoms with E-state index in [9.17, 15) is 8.78 Å². The van der Waals surface area contributed by atoms with Gasteiger partial charge in [0.15, 0.2) is 11.7 Å². The van der Waals surface area contributed by atoms with Gasteiger partial charge in [0.25, 0.3) is 0 Å². The number of rotatable bonds is 0. The first-order valence-corrected chi connectivity index (χ1v) is 3.90. The molecule has 0 unspecified atom stereocenters. The summed E-state index contributed by atoms with van der Waals surface area (Å²) in [6, 6.07) is 0. The lowest BCUT2D eigenvalue weighted by atomic mass is 10.4. The van der Waals surface area contributed by atoms with E-state index in [0.29, 0.717) is 0 Å². The van der Waals surface area contributed by atoms with E-state index in [-0.39, 0.29) is 0 Å². The summed E-state index contributed by atoms with van der Waals surface area (Å²) < 4.78 is 23.0. The zero-order valence-electron chi connectivity index (χ0n) is 4.77. The van der Waals surface area contributed by atoms with Gasteiger partial charge in [-0.15, -0.1) is 0 Å². The maximum atomic E-state index is 12.6. The van der Waals surface area contributed by atoms with Crippen LogP contribution in [0.25, 0.3) is 0 Å². The molecular weight excluding hydrogens is 240 g/mol. The van der Waals surface area contributed by atoms with E-state index < -0.39 is 26.1 Å². The predicted molar refractivity (Wildman–Crippen MR) is 42.4 cm³/mol. The van der Waals surface area contributed by atoms with Crippen LogP contribution in [-0.4, -0.2) is 4.33 Å². The lowest BCUT2D eigenvalue weighted by Gasteiger charge is -2.09. The third-order valence-corrected chi connectivity index (χ3v) is 2.96. The highest BCUT2D eigenvalue weighted by Gasteiger charge is 2.45. The molecule has 0 nitrogen and oxygen atoms in total. The van der Waals surface area contributed by atoms with Crippen LogP contribution in [0, 0.1) is 0 Å². The smallest absolute Gasteiger partial charge is 0.205 e. The quantitative estimate of drug-likeness (QED) is 0.561. The maximum absolute atomic E-state index is 12.6. The van der Waals surface area contributed by atoms with Gasteiger partial charge in [0.1, 0.15) is 0 Å². The minimum absolute atomic E-state index is 0.447. The van der Waals surface area contributed by atoms with Crippen molar-refractivity contribution in [2.75, 3.05) is 0 Å². The summed E-state index contributed by atoms with van der Waals surface area (Å²) in [5.41, 5.74) is 0. The molecule has 0 amide bonds. The molecule has 1 rings (SSSR count). The Morgan fingerprint density at radius 3 is 1.64 bits per heavy atom. The van der Waals surface area contributed by atoms with Gasteiger partial charge in [0.05, 0.1) is 10.1 Å². The van der Waals surface area contributed by atoms with Gasteiger partial charge in [0, 0.05) is 0 Å². The van der Waals surface area contributed by atoms with Crippen LogP contribution in [0.1, 0.15) is 0 Å². The van der Waals surface area contributed by atoms with Crippen LogP contribution < -0.4 is 0 Å². The number of alkyl halides is 2. The van der Waals surface area contributed by atoms with Crippen LogP contribution in [0.2, 0.25) is 0 Å². The molecule has 0 fully saturated rings. The van der Waals surface area contributed by atoms with Gasteiger partial charge in [-0.3, -0.25) is 0 Å². The minimum Gasteiger partial charge on any atom is -0.205 e. The van der Waals surface area contributed by atoms with Gasteiger partial charge in [-0.25, -0.2) is 8.78 Å². The molecule has 0 aromatic heterocycles. The minimum atomic E-state index is -2.15. The highest BCUT2D eigenvalue weighted by molar-refractivity contribution is 6.60. The normalized spacial score (nSPS) is 23.5. The molecule has 0 saturated heterocycles. The van der Waals surface area contributed by atoms with E-state index in [2.05, 4.69) is 0 Å². The summed E-state index contributed by atoms with van der Waals surface area (Å²) in [5.74, 6) is -2.67. The molecule has 1 aliphatic carbocycles.